The van der Waals surface area contributed by atoms with Crippen LogP contribution >= 0.6 is 0 Å². The van der Waals surface area contributed by atoms with Crippen LogP contribution in [0, 0.1) is 13.8 Å². The van der Waals surface area contributed by atoms with Crippen LogP contribution in [0.2, 0.25) is 0 Å². The van der Waals surface area contributed by atoms with Crippen LogP contribution in [0.1, 0.15) is 41.6 Å². The maximum absolute atomic E-state index is 5.18. The van der Waals surface area contributed by atoms with Crippen molar-refractivity contribution in [2.24, 2.45) is 0 Å². The molecule has 8 nitrogen and oxygen atoms in total. The highest BCUT2D eigenvalue weighted by Gasteiger charge is 2.25. The van der Waals surface area contributed by atoms with Crippen LogP contribution in [-0.4, -0.2) is 25.3 Å². The van der Waals surface area contributed by atoms with Gasteiger partial charge < -0.3 is 15.2 Å². The molecule has 3 aromatic heterocycles. The van der Waals surface area contributed by atoms with Gasteiger partial charge in [-0.3, -0.25) is 5.10 Å². The average molecular weight is 325 g/mol. The van der Waals surface area contributed by atoms with E-state index in [-0.39, 0.29) is 0 Å². The number of aromatic amines is 1. The van der Waals surface area contributed by atoms with Crippen LogP contribution in [0.4, 0.5) is 17.6 Å². The van der Waals surface area contributed by atoms with Crippen molar-refractivity contribution in [1.29, 1.82) is 0 Å². The Balaban J connectivity index is 1.45. The Kier molecular flexibility index (Phi) is 3.64. The quantitative estimate of drug-likeness (QED) is 0.639. The first-order valence-electron chi connectivity index (χ1n) is 8.00. The molecule has 0 bridgehead atoms. The second kappa shape index (κ2) is 5.95. The molecule has 1 aliphatic carbocycles. The first kappa shape index (κ1) is 14.7. The molecular formula is C16H19N7O. The summed E-state index contributed by atoms with van der Waals surface area (Å²) in [5, 5.41) is 17.6. The van der Waals surface area contributed by atoms with Gasteiger partial charge in [-0.15, -0.1) is 0 Å². The summed E-state index contributed by atoms with van der Waals surface area (Å²) in [5.41, 5.74) is 2.90. The van der Waals surface area contributed by atoms with Gasteiger partial charge >= 0.3 is 0 Å². The van der Waals surface area contributed by atoms with Crippen LogP contribution < -0.4 is 10.6 Å². The van der Waals surface area contributed by atoms with Crippen molar-refractivity contribution in [2.45, 2.75) is 39.2 Å². The minimum Gasteiger partial charge on any atom is -0.359 e. The number of H-pyrrole nitrogens is 1. The number of rotatable bonds is 6. The standard InChI is InChI=1S/C16H19N7O/c1-9-6-14(19-15-7-13(21-22-15)11-3-4-11)20-16(18-9)17-8-12-5-10(2)23-24-12/h5-7,11H,3-4,8H2,1-2H3,(H3,17,18,19,20,21,22). The van der Waals surface area contributed by atoms with Crippen molar-refractivity contribution in [1.82, 2.24) is 25.3 Å². The van der Waals surface area contributed by atoms with Gasteiger partial charge in [-0.2, -0.15) is 10.1 Å². The fourth-order valence-electron chi connectivity index (χ4n) is 2.51. The third-order valence-corrected chi connectivity index (χ3v) is 3.82. The molecule has 8 heteroatoms. The Morgan fingerprint density at radius 2 is 2.00 bits per heavy atom. The van der Waals surface area contributed by atoms with Crippen molar-refractivity contribution in [3.63, 3.8) is 0 Å². The summed E-state index contributed by atoms with van der Waals surface area (Å²) in [6.45, 7) is 4.30. The monoisotopic (exact) mass is 325 g/mol. The molecule has 4 rings (SSSR count). The van der Waals surface area contributed by atoms with Gasteiger partial charge in [0.05, 0.1) is 12.2 Å². The summed E-state index contributed by atoms with van der Waals surface area (Å²) in [6.07, 6.45) is 2.48. The first-order chi connectivity index (χ1) is 11.7. The molecule has 3 N–H and O–H groups in total. The lowest BCUT2D eigenvalue weighted by atomic mass is 10.3. The molecule has 3 aromatic rings. The summed E-state index contributed by atoms with van der Waals surface area (Å²) in [4.78, 5) is 8.86. The lowest BCUT2D eigenvalue weighted by Gasteiger charge is -2.07. The van der Waals surface area contributed by atoms with E-state index in [1.807, 2.05) is 32.0 Å². The van der Waals surface area contributed by atoms with E-state index in [2.05, 4.69) is 36.0 Å². The molecule has 24 heavy (non-hydrogen) atoms. The molecule has 0 aromatic carbocycles. The summed E-state index contributed by atoms with van der Waals surface area (Å²) in [5.74, 6) is 3.39. The highest BCUT2D eigenvalue weighted by molar-refractivity contribution is 5.54. The fraction of sp³-hybridized carbons (Fsp3) is 0.375. The number of nitrogens with zero attached hydrogens (tertiary/aromatic N) is 4. The molecule has 0 atom stereocenters. The van der Waals surface area contributed by atoms with E-state index in [0.717, 1.165) is 23.0 Å². The van der Waals surface area contributed by atoms with Crippen molar-refractivity contribution in [2.75, 3.05) is 10.6 Å². The van der Waals surface area contributed by atoms with E-state index in [1.54, 1.807) is 0 Å². The van der Waals surface area contributed by atoms with Crippen LogP contribution in [0.5, 0.6) is 0 Å². The first-order valence-corrected chi connectivity index (χ1v) is 8.00. The molecule has 1 aliphatic rings. The van der Waals surface area contributed by atoms with Gasteiger partial charge in [0.2, 0.25) is 5.95 Å². The Bertz CT molecular complexity index is 850. The number of aromatic nitrogens is 5. The van der Waals surface area contributed by atoms with Crippen molar-refractivity contribution in [3.05, 3.63) is 41.0 Å². The summed E-state index contributed by atoms with van der Waals surface area (Å²) in [6, 6.07) is 5.81. The number of anilines is 3. The van der Waals surface area contributed by atoms with E-state index in [0.29, 0.717) is 24.2 Å². The SMILES string of the molecule is Cc1cc(CNc2nc(C)cc(Nc3cc(C4CC4)[nH]n3)n2)on1. The normalized spacial score (nSPS) is 13.9. The van der Waals surface area contributed by atoms with E-state index in [4.69, 9.17) is 4.52 Å². The molecule has 0 unspecified atom stereocenters. The fourth-order valence-corrected chi connectivity index (χ4v) is 2.51. The molecule has 0 aliphatic heterocycles. The van der Waals surface area contributed by atoms with E-state index < -0.39 is 0 Å². The molecule has 0 saturated heterocycles. The number of hydrogen-bond donors (Lipinski definition) is 3. The predicted molar refractivity (Wildman–Crippen MR) is 89.2 cm³/mol. The maximum Gasteiger partial charge on any atom is 0.225 e. The smallest absolute Gasteiger partial charge is 0.225 e. The Hall–Kier alpha value is -2.90. The molecule has 0 amide bonds. The number of aryl methyl sites for hydroxylation is 2. The predicted octanol–water partition coefficient (Wildman–Crippen LogP) is 3.04. The van der Waals surface area contributed by atoms with Crippen molar-refractivity contribution >= 4 is 17.6 Å². The molecule has 3 heterocycles. The van der Waals surface area contributed by atoms with Gasteiger partial charge in [0.25, 0.3) is 0 Å². The third-order valence-electron chi connectivity index (χ3n) is 3.82. The second-order valence-corrected chi connectivity index (χ2v) is 6.11. The van der Waals surface area contributed by atoms with Gasteiger partial charge in [-0.05, 0) is 26.7 Å². The largest absolute Gasteiger partial charge is 0.359 e. The Labute approximate surface area is 139 Å². The van der Waals surface area contributed by atoms with Crippen molar-refractivity contribution in [3.8, 4) is 0 Å². The Morgan fingerprint density at radius 1 is 1.12 bits per heavy atom. The van der Waals surface area contributed by atoms with Crippen LogP contribution in [0.25, 0.3) is 0 Å². The summed E-state index contributed by atoms with van der Waals surface area (Å²) < 4.78 is 5.18. The maximum atomic E-state index is 5.18. The zero-order chi connectivity index (χ0) is 16.5. The summed E-state index contributed by atoms with van der Waals surface area (Å²) >= 11 is 0. The van der Waals surface area contributed by atoms with Gasteiger partial charge in [0, 0.05) is 35.5 Å². The highest BCUT2D eigenvalue weighted by Crippen LogP contribution is 2.39. The van der Waals surface area contributed by atoms with E-state index in [1.165, 1.54) is 18.5 Å². The number of nitrogens with one attached hydrogen (secondary N) is 3. The van der Waals surface area contributed by atoms with E-state index in [9.17, 15) is 0 Å². The molecule has 1 saturated carbocycles. The molecule has 0 radical (unpaired) electrons. The minimum atomic E-state index is 0.484. The molecule has 124 valence electrons. The van der Waals surface area contributed by atoms with Crippen LogP contribution in [0.3, 0.4) is 0 Å². The highest BCUT2D eigenvalue weighted by atomic mass is 16.5. The third kappa shape index (κ3) is 3.37. The minimum absolute atomic E-state index is 0.484. The van der Waals surface area contributed by atoms with Gasteiger partial charge in [0.15, 0.2) is 11.6 Å². The van der Waals surface area contributed by atoms with Crippen LogP contribution in [-0.2, 0) is 6.54 Å². The second-order valence-electron chi connectivity index (χ2n) is 6.11. The lowest BCUT2D eigenvalue weighted by molar-refractivity contribution is 0.384. The van der Waals surface area contributed by atoms with Crippen molar-refractivity contribution < 1.29 is 4.52 Å². The number of hydrogen-bond acceptors (Lipinski definition) is 7. The summed E-state index contributed by atoms with van der Waals surface area (Å²) in [7, 11) is 0. The lowest BCUT2D eigenvalue weighted by Crippen LogP contribution is -2.06. The van der Waals surface area contributed by atoms with Gasteiger partial charge in [-0.1, -0.05) is 5.16 Å². The molecular weight excluding hydrogens is 306 g/mol. The van der Waals surface area contributed by atoms with Gasteiger partial charge in [-0.25, -0.2) is 4.98 Å². The zero-order valence-corrected chi connectivity index (χ0v) is 13.6. The Morgan fingerprint density at radius 3 is 2.75 bits per heavy atom. The topological polar surface area (TPSA) is 105 Å². The molecule has 0 spiro atoms. The van der Waals surface area contributed by atoms with E-state index >= 15 is 0 Å². The van der Waals surface area contributed by atoms with Gasteiger partial charge in [0.1, 0.15) is 5.82 Å². The molecule has 1 fully saturated rings. The zero-order valence-electron chi connectivity index (χ0n) is 13.6. The van der Waals surface area contributed by atoms with Crippen LogP contribution in [0.15, 0.2) is 22.7 Å². The average Bonchev–Trinajstić information content (AvgIpc) is 3.15.